The number of aliphatic carboxylic acids is 1. The summed E-state index contributed by atoms with van der Waals surface area (Å²) < 4.78 is 5.94. The van der Waals surface area contributed by atoms with E-state index in [0.29, 0.717) is 26.0 Å². The molecular formula is C31H35N3O5. The maximum Gasteiger partial charge on any atom is 0.323 e. The molecule has 0 aliphatic carbocycles. The number of amides is 3. The van der Waals surface area contributed by atoms with E-state index in [1.165, 1.54) is 5.56 Å². The van der Waals surface area contributed by atoms with Crippen LogP contribution in [-0.4, -0.2) is 42.7 Å². The van der Waals surface area contributed by atoms with Crippen LogP contribution in [0.1, 0.15) is 41.5 Å². The number of benzene rings is 3. The quantitative estimate of drug-likeness (QED) is 0.321. The number of aryl methyl sites for hydroxylation is 1. The van der Waals surface area contributed by atoms with Gasteiger partial charge in [0.15, 0.2) is 0 Å². The molecule has 4 rings (SSSR count). The minimum atomic E-state index is -1.10. The van der Waals surface area contributed by atoms with E-state index >= 15 is 0 Å². The Balaban J connectivity index is 1.40. The molecule has 3 N–H and O–H groups in total. The first-order chi connectivity index (χ1) is 18.8. The highest BCUT2D eigenvalue weighted by Crippen LogP contribution is 2.36. The molecule has 0 saturated carbocycles. The van der Waals surface area contributed by atoms with Gasteiger partial charge in [0.1, 0.15) is 12.3 Å². The monoisotopic (exact) mass is 529 g/mol. The van der Waals surface area contributed by atoms with Crippen LogP contribution in [0.25, 0.3) is 11.1 Å². The Hall–Kier alpha value is -4.33. The third-order valence-electron chi connectivity index (χ3n) is 6.99. The number of nitrogens with zero attached hydrogens (tertiary/aromatic N) is 1. The van der Waals surface area contributed by atoms with Crippen molar-refractivity contribution >= 4 is 23.6 Å². The summed E-state index contributed by atoms with van der Waals surface area (Å²) in [5.41, 5.74) is 7.38. The summed E-state index contributed by atoms with van der Waals surface area (Å²) >= 11 is 0. The highest BCUT2D eigenvalue weighted by molar-refractivity contribution is 5.96. The Morgan fingerprint density at radius 2 is 1.79 bits per heavy atom. The van der Waals surface area contributed by atoms with Crippen LogP contribution in [-0.2, 0) is 22.6 Å². The van der Waals surface area contributed by atoms with Crippen LogP contribution in [0.2, 0.25) is 0 Å². The molecule has 39 heavy (non-hydrogen) atoms. The number of anilines is 1. The molecule has 0 aromatic heterocycles. The summed E-state index contributed by atoms with van der Waals surface area (Å²) in [6.07, 6.45) is 2.83. The maximum absolute atomic E-state index is 13.2. The molecule has 3 aromatic rings. The van der Waals surface area contributed by atoms with Gasteiger partial charge in [-0.3, -0.25) is 9.59 Å². The van der Waals surface area contributed by atoms with Gasteiger partial charge in [-0.15, -0.1) is 0 Å². The Bertz CT molecular complexity index is 1350. The summed E-state index contributed by atoms with van der Waals surface area (Å²) in [7, 11) is 0. The lowest BCUT2D eigenvalue weighted by molar-refractivity contribution is -0.135. The molecule has 0 bridgehead atoms. The van der Waals surface area contributed by atoms with Gasteiger partial charge in [-0.1, -0.05) is 42.5 Å². The number of urea groups is 1. The summed E-state index contributed by atoms with van der Waals surface area (Å²) in [5.74, 6) is -0.129. The second-order valence-electron chi connectivity index (χ2n) is 9.73. The highest BCUT2D eigenvalue weighted by atomic mass is 16.5. The molecule has 8 nitrogen and oxygen atoms in total. The van der Waals surface area contributed by atoms with E-state index < -0.39 is 18.5 Å². The Morgan fingerprint density at radius 3 is 2.62 bits per heavy atom. The van der Waals surface area contributed by atoms with Crippen LogP contribution in [0.5, 0.6) is 5.75 Å². The molecule has 1 aliphatic rings. The number of fused-ring (bicyclic) bond motifs is 1. The lowest BCUT2D eigenvalue weighted by atomic mass is 9.91. The van der Waals surface area contributed by atoms with Gasteiger partial charge in [0.05, 0.1) is 6.61 Å². The standard InChI is InChI=1S/C31H35N3O5/c1-21-8-3-14-28(22(21)2)39-17-7-15-29(35)34-16-6-12-26-25(11-5-13-27(26)34)24-10-4-9-23(18-24)19-32-31(38)33-20-30(36)37/h3-5,8-11,13-14,18H,6-7,12,15-17,19-20H2,1-2H3,(H,36,37)(H2,32,33,38). The van der Waals surface area contributed by atoms with Crippen LogP contribution >= 0.6 is 0 Å². The molecular weight excluding hydrogens is 494 g/mol. The van der Waals surface area contributed by atoms with Crippen molar-refractivity contribution in [2.75, 3.05) is 24.6 Å². The lowest BCUT2D eigenvalue weighted by Gasteiger charge is -2.31. The summed E-state index contributed by atoms with van der Waals surface area (Å²) in [4.78, 5) is 37.6. The van der Waals surface area contributed by atoms with Crippen molar-refractivity contribution < 1.29 is 24.2 Å². The van der Waals surface area contributed by atoms with E-state index in [4.69, 9.17) is 9.84 Å². The van der Waals surface area contributed by atoms with Crippen molar-refractivity contribution in [1.82, 2.24) is 10.6 Å². The van der Waals surface area contributed by atoms with Gasteiger partial charge in [-0.2, -0.15) is 0 Å². The fourth-order valence-electron chi connectivity index (χ4n) is 4.82. The Morgan fingerprint density at radius 1 is 1.00 bits per heavy atom. The third kappa shape index (κ3) is 7.16. The molecule has 0 unspecified atom stereocenters. The second-order valence-corrected chi connectivity index (χ2v) is 9.73. The van der Waals surface area contributed by atoms with Crippen LogP contribution in [0.3, 0.4) is 0 Å². The van der Waals surface area contributed by atoms with Crippen molar-refractivity contribution in [2.45, 2.75) is 46.1 Å². The zero-order valence-corrected chi connectivity index (χ0v) is 22.5. The number of carbonyl (C=O) groups excluding carboxylic acids is 2. The molecule has 0 radical (unpaired) electrons. The average molecular weight is 530 g/mol. The van der Waals surface area contributed by atoms with Gasteiger partial charge in [0.25, 0.3) is 0 Å². The van der Waals surface area contributed by atoms with Crippen molar-refractivity contribution in [3.8, 4) is 16.9 Å². The number of carboxylic acid groups (broad SMARTS) is 1. The highest BCUT2D eigenvalue weighted by Gasteiger charge is 2.24. The first-order valence-corrected chi connectivity index (χ1v) is 13.3. The molecule has 0 saturated heterocycles. The van der Waals surface area contributed by atoms with E-state index in [-0.39, 0.29) is 12.5 Å². The zero-order valence-electron chi connectivity index (χ0n) is 22.5. The largest absolute Gasteiger partial charge is 0.493 e. The van der Waals surface area contributed by atoms with Gasteiger partial charge in [0, 0.05) is 25.2 Å². The fraction of sp³-hybridized carbons (Fsp3) is 0.323. The predicted molar refractivity (Wildman–Crippen MR) is 151 cm³/mol. The van der Waals surface area contributed by atoms with E-state index in [0.717, 1.165) is 52.1 Å². The predicted octanol–water partition coefficient (Wildman–Crippen LogP) is 4.99. The molecule has 1 aliphatic heterocycles. The number of carboxylic acids is 1. The average Bonchev–Trinajstić information content (AvgIpc) is 2.94. The number of ether oxygens (including phenoxy) is 1. The van der Waals surface area contributed by atoms with Crippen molar-refractivity contribution in [3.63, 3.8) is 0 Å². The Kier molecular flexibility index (Phi) is 9.20. The number of rotatable bonds is 10. The van der Waals surface area contributed by atoms with Gasteiger partial charge < -0.3 is 25.4 Å². The van der Waals surface area contributed by atoms with E-state index in [2.05, 4.69) is 29.7 Å². The molecule has 204 valence electrons. The van der Waals surface area contributed by atoms with E-state index in [1.54, 1.807) is 0 Å². The van der Waals surface area contributed by atoms with Gasteiger partial charge in [0.2, 0.25) is 5.91 Å². The first kappa shape index (κ1) is 27.7. The minimum Gasteiger partial charge on any atom is -0.493 e. The van der Waals surface area contributed by atoms with Gasteiger partial charge in [-0.05, 0) is 84.7 Å². The summed E-state index contributed by atoms with van der Waals surface area (Å²) in [6, 6.07) is 19.4. The molecule has 0 atom stereocenters. The van der Waals surface area contributed by atoms with Crippen molar-refractivity contribution in [2.24, 2.45) is 0 Å². The van der Waals surface area contributed by atoms with E-state index in [1.807, 2.05) is 60.4 Å². The van der Waals surface area contributed by atoms with Crippen molar-refractivity contribution in [1.29, 1.82) is 0 Å². The summed E-state index contributed by atoms with van der Waals surface area (Å²) in [6.45, 7) is 5.13. The smallest absolute Gasteiger partial charge is 0.323 e. The molecule has 1 heterocycles. The van der Waals surface area contributed by atoms with Crippen LogP contribution < -0.4 is 20.3 Å². The third-order valence-corrected chi connectivity index (χ3v) is 6.99. The summed E-state index contributed by atoms with van der Waals surface area (Å²) in [5, 5.41) is 13.7. The SMILES string of the molecule is Cc1cccc(OCCCC(=O)N2CCCc3c(-c4cccc(CNC(=O)NCC(=O)O)c4)cccc32)c1C. The number of hydrogen-bond acceptors (Lipinski definition) is 4. The number of nitrogens with one attached hydrogen (secondary N) is 2. The zero-order chi connectivity index (χ0) is 27.8. The van der Waals surface area contributed by atoms with E-state index in [9.17, 15) is 14.4 Å². The topological polar surface area (TPSA) is 108 Å². The molecule has 3 amide bonds. The number of carbonyl (C=O) groups is 3. The van der Waals surface area contributed by atoms with Crippen LogP contribution in [0.15, 0.2) is 60.7 Å². The first-order valence-electron chi connectivity index (χ1n) is 13.3. The lowest BCUT2D eigenvalue weighted by Crippen LogP contribution is -2.38. The second kappa shape index (κ2) is 13.0. The van der Waals surface area contributed by atoms with Crippen LogP contribution in [0, 0.1) is 13.8 Å². The molecule has 0 spiro atoms. The van der Waals surface area contributed by atoms with Gasteiger partial charge in [-0.25, -0.2) is 4.79 Å². The molecule has 0 fully saturated rings. The van der Waals surface area contributed by atoms with Crippen molar-refractivity contribution in [3.05, 3.63) is 82.9 Å². The normalized spacial score (nSPS) is 12.4. The minimum absolute atomic E-state index is 0.1000. The Labute approximate surface area is 229 Å². The van der Waals surface area contributed by atoms with Gasteiger partial charge >= 0.3 is 12.0 Å². The van der Waals surface area contributed by atoms with Crippen LogP contribution in [0.4, 0.5) is 10.5 Å². The number of hydrogen-bond donors (Lipinski definition) is 3. The molecule has 8 heteroatoms. The molecule has 3 aromatic carbocycles. The maximum atomic E-state index is 13.2. The fourth-order valence-corrected chi connectivity index (χ4v) is 4.82.